The standard InChI is InChI=1S/C17H19FN6O/c1-9(2)17(7-22-16(20)23-8-17)14-12(25)4-3-11(24-14)10-5-6-21-15(19)13(10)18/h3-7,9,25H,8H2,1-2H3,(H2,19,21)(H2,20,23). The van der Waals surface area contributed by atoms with E-state index in [0.29, 0.717) is 17.9 Å². The molecule has 0 aliphatic carbocycles. The molecular weight excluding hydrogens is 323 g/mol. The van der Waals surface area contributed by atoms with Crippen molar-refractivity contribution in [1.82, 2.24) is 9.97 Å². The van der Waals surface area contributed by atoms with Crippen LogP contribution in [0.2, 0.25) is 0 Å². The maximum Gasteiger partial charge on any atom is 0.215 e. The van der Waals surface area contributed by atoms with Gasteiger partial charge in [0.2, 0.25) is 5.96 Å². The number of nitrogens with two attached hydrogens (primary N) is 2. The molecule has 0 saturated heterocycles. The molecule has 0 amide bonds. The van der Waals surface area contributed by atoms with Gasteiger partial charge in [0.25, 0.3) is 0 Å². The van der Waals surface area contributed by atoms with E-state index in [9.17, 15) is 9.50 Å². The third kappa shape index (κ3) is 2.79. The molecule has 25 heavy (non-hydrogen) atoms. The van der Waals surface area contributed by atoms with E-state index in [-0.39, 0.29) is 29.0 Å². The monoisotopic (exact) mass is 342 g/mol. The molecule has 0 saturated carbocycles. The quantitative estimate of drug-likeness (QED) is 0.785. The molecule has 3 heterocycles. The SMILES string of the molecule is CC(C)C1(c2nc(-c3ccnc(N)c3F)ccc2O)C=NC(N)=NC1. The topological polar surface area (TPSA) is 123 Å². The minimum Gasteiger partial charge on any atom is -0.506 e. The van der Waals surface area contributed by atoms with E-state index in [2.05, 4.69) is 20.0 Å². The summed E-state index contributed by atoms with van der Waals surface area (Å²) in [5, 5.41) is 10.4. The van der Waals surface area contributed by atoms with Gasteiger partial charge in [-0.15, -0.1) is 0 Å². The summed E-state index contributed by atoms with van der Waals surface area (Å²) in [6, 6.07) is 4.50. The number of aliphatic imine (C=N–C) groups is 2. The molecule has 3 rings (SSSR count). The van der Waals surface area contributed by atoms with Crippen LogP contribution in [0.3, 0.4) is 0 Å². The highest BCUT2D eigenvalue weighted by Gasteiger charge is 2.40. The number of rotatable bonds is 3. The number of pyridine rings is 2. The summed E-state index contributed by atoms with van der Waals surface area (Å²) in [5.41, 5.74) is 11.4. The zero-order valence-electron chi connectivity index (χ0n) is 13.9. The Balaban J connectivity index is 2.17. The number of hydrogen-bond acceptors (Lipinski definition) is 7. The van der Waals surface area contributed by atoms with Gasteiger partial charge in [-0.2, -0.15) is 0 Å². The van der Waals surface area contributed by atoms with Gasteiger partial charge in [0.15, 0.2) is 11.6 Å². The number of nitrogen functional groups attached to an aromatic ring is 1. The number of guanidine groups is 1. The largest absolute Gasteiger partial charge is 0.506 e. The predicted octanol–water partition coefficient (Wildman–Crippen LogP) is 1.86. The van der Waals surface area contributed by atoms with Crippen molar-refractivity contribution in [3.63, 3.8) is 0 Å². The van der Waals surface area contributed by atoms with Gasteiger partial charge in [-0.3, -0.25) is 4.99 Å². The lowest BCUT2D eigenvalue weighted by Gasteiger charge is -2.34. The van der Waals surface area contributed by atoms with E-state index < -0.39 is 11.2 Å². The number of halogens is 1. The smallest absolute Gasteiger partial charge is 0.215 e. The first-order valence-electron chi connectivity index (χ1n) is 7.81. The third-order valence-electron chi connectivity index (χ3n) is 4.47. The second kappa shape index (κ2) is 6.12. The van der Waals surface area contributed by atoms with Crippen LogP contribution in [-0.2, 0) is 5.41 Å². The zero-order valence-corrected chi connectivity index (χ0v) is 13.9. The molecule has 1 unspecified atom stereocenters. The van der Waals surface area contributed by atoms with Crippen molar-refractivity contribution in [1.29, 1.82) is 0 Å². The van der Waals surface area contributed by atoms with E-state index in [4.69, 9.17) is 11.5 Å². The number of aromatic hydroxyl groups is 1. The summed E-state index contributed by atoms with van der Waals surface area (Å²) in [6.45, 7) is 4.24. The average Bonchev–Trinajstić information content (AvgIpc) is 2.59. The minimum atomic E-state index is -0.738. The second-order valence-electron chi connectivity index (χ2n) is 6.25. The van der Waals surface area contributed by atoms with Gasteiger partial charge in [-0.25, -0.2) is 19.4 Å². The number of anilines is 1. The number of aromatic nitrogens is 2. The van der Waals surface area contributed by atoms with E-state index in [1.807, 2.05) is 13.8 Å². The first-order valence-corrected chi connectivity index (χ1v) is 7.81. The average molecular weight is 342 g/mol. The van der Waals surface area contributed by atoms with Crippen LogP contribution in [0.4, 0.5) is 10.2 Å². The first-order chi connectivity index (χ1) is 11.8. The normalized spacial score (nSPS) is 19.9. The van der Waals surface area contributed by atoms with Crippen LogP contribution in [0.1, 0.15) is 19.5 Å². The molecule has 1 aliphatic heterocycles. The van der Waals surface area contributed by atoms with Gasteiger partial charge in [0.1, 0.15) is 5.75 Å². The van der Waals surface area contributed by atoms with Crippen molar-refractivity contribution < 1.29 is 9.50 Å². The Kier molecular flexibility index (Phi) is 4.12. The van der Waals surface area contributed by atoms with Gasteiger partial charge in [-0.1, -0.05) is 13.8 Å². The predicted molar refractivity (Wildman–Crippen MR) is 95.0 cm³/mol. The van der Waals surface area contributed by atoms with Crippen LogP contribution in [0.25, 0.3) is 11.3 Å². The second-order valence-corrected chi connectivity index (χ2v) is 6.25. The molecule has 0 fully saturated rings. The fourth-order valence-corrected chi connectivity index (χ4v) is 2.82. The Morgan fingerprint density at radius 3 is 2.64 bits per heavy atom. The van der Waals surface area contributed by atoms with E-state index in [1.54, 1.807) is 6.21 Å². The zero-order chi connectivity index (χ0) is 18.2. The van der Waals surface area contributed by atoms with Crippen LogP contribution in [-0.4, -0.2) is 33.8 Å². The van der Waals surface area contributed by atoms with Crippen LogP contribution >= 0.6 is 0 Å². The Morgan fingerprint density at radius 1 is 1.24 bits per heavy atom. The molecule has 0 spiro atoms. The molecule has 5 N–H and O–H groups in total. The van der Waals surface area contributed by atoms with Crippen LogP contribution < -0.4 is 11.5 Å². The summed E-state index contributed by atoms with van der Waals surface area (Å²) < 4.78 is 14.3. The lowest BCUT2D eigenvalue weighted by Crippen LogP contribution is -2.42. The molecular formula is C17H19FN6O. The molecule has 1 atom stereocenters. The summed E-state index contributed by atoms with van der Waals surface area (Å²) in [6.07, 6.45) is 3.07. The fourth-order valence-electron chi connectivity index (χ4n) is 2.82. The highest BCUT2D eigenvalue weighted by Crippen LogP contribution is 2.38. The van der Waals surface area contributed by atoms with Gasteiger partial charge >= 0.3 is 0 Å². The molecule has 0 bridgehead atoms. The highest BCUT2D eigenvalue weighted by molar-refractivity contribution is 5.93. The van der Waals surface area contributed by atoms with Crippen LogP contribution in [0.5, 0.6) is 5.75 Å². The maximum atomic E-state index is 14.3. The molecule has 7 nitrogen and oxygen atoms in total. The molecule has 2 aromatic rings. The van der Waals surface area contributed by atoms with Crippen LogP contribution in [0.15, 0.2) is 34.4 Å². The summed E-state index contributed by atoms with van der Waals surface area (Å²) in [7, 11) is 0. The summed E-state index contributed by atoms with van der Waals surface area (Å²) in [4.78, 5) is 16.5. The number of nitrogens with zero attached hydrogens (tertiary/aromatic N) is 4. The van der Waals surface area contributed by atoms with Crippen molar-refractivity contribution >= 4 is 18.0 Å². The van der Waals surface area contributed by atoms with Crippen molar-refractivity contribution in [2.24, 2.45) is 21.6 Å². The molecule has 0 radical (unpaired) electrons. The molecule has 0 aromatic carbocycles. The molecule has 1 aliphatic rings. The van der Waals surface area contributed by atoms with Crippen molar-refractivity contribution in [3.8, 4) is 17.0 Å². The van der Waals surface area contributed by atoms with Gasteiger partial charge in [0, 0.05) is 18.0 Å². The molecule has 8 heteroatoms. The lowest BCUT2D eigenvalue weighted by molar-refractivity contribution is 0.386. The van der Waals surface area contributed by atoms with Crippen molar-refractivity contribution in [2.75, 3.05) is 12.3 Å². The van der Waals surface area contributed by atoms with Crippen molar-refractivity contribution in [3.05, 3.63) is 35.9 Å². The molecule has 2 aromatic heterocycles. The van der Waals surface area contributed by atoms with E-state index >= 15 is 0 Å². The van der Waals surface area contributed by atoms with Crippen LogP contribution in [0, 0.1) is 11.7 Å². The Morgan fingerprint density at radius 2 is 2.00 bits per heavy atom. The van der Waals surface area contributed by atoms with Gasteiger partial charge in [0.05, 0.1) is 23.3 Å². The fraction of sp³-hybridized carbons (Fsp3) is 0.294. The summed E-state index contributed by atoms with van der Waals surface area (Å²) >= 11 is 0. The van der Waals surface area contributed by atoms with E-state index in [0.717, 1.165) is 0 Å². The Labute approximate surface area is 144 Å². The lowest BCUT2D eigenvalue weighted by atomic mass is 9.74. The molecule has 130 valence electrons. The van der Waals surface area contributed by atoms with Gasteiger partial charge in [-0.05, 0) is 24.1 Å². The Bertz CT molecular complexity index is 879. The van der Waals surface area contributed by atoms with Gasteiger partial charge < -0.3 is 16.6 Å². The number of hydrogen-bond donors (Lipinski definition) is 3. The third-order valence-corrected chi connectivity index (χ3v) is 4.47. The first kappa shape index (κ1) is 16.8. The van der Waals surface area contributed by atoms with E-state index in [1.165, 1.54) is 24.4 Å². The van der Waals surface area contributed by atoms with Crippen molar-refractivity contribution in [2.45, 2.75) is 19.3 Å². The summed E-state index contributed by atoms with van der Waals surface area (Å²) in [5.74, 6) is -0.662. The highest BCUT2D eigenvalue weighted by atomic mass is 19.1. The maximum absolute atomic E-state index is 14.3. The Hall–Kier alpha value is -3.03. The minimum absolute atomic E-state index is 0.0120.